The van der Waals surface area contributed by atoms with Crippen LogP contribution in [0, 0.1) is 5.92 Å². The maximum absolute atomic E-state index is 9.79. The molecule has 17 heavy (non-hydrogen) atoms. The fraction of sp³-hybridized carbons (Fsp3) is 0.571. The van der Waals surface area contributed by atoms with Crippen molar-refractivity contribution in [3.05, 3.63) is 29.8 Å². The van der Waals surface area contributed by atoms with Gasteiger partial charge in [0.15, 0.2) is 0 Å². The van der Waals surface area contributed by atoms with Gasteiger partial charge in [-0.1, -0.05) is 25.1 Å². The molecule has 2 atom stereocenters. The predicted molar refractivity (Wildman–Crippen MR) is 69.8 cm³/mol. The van der Waals surface area contributed by atoms with Crippen molar-refractivity contribution >= 4 is 0 Å². The first-order valence-electron chi connectivity index (χ1n) is 6.41. The van der Waals surface area contributed by atoms with Gasteiger partial charge in [-0.25, -0.2) is 0 Å². The van der Waals surface area contributed by atoms with Crippen molar-refractivity contribution in [3.63, 3.8) is 0 Å². The van der Waals surface area contributed by atoms with E-state index in [0.717, 1.165) is 24.6 Å². The Morgan fingerprint density at radius 2 is 2.18 bits per heavy atom. The molecule has 3 heteroatoms. The highest BCUT2D eigenvalue weighted by Crippen LogP contribution is 2.26. The Balaban J connectivity index is 2.05. The van der Waals surface area contributed by atoms with Crippen molar-refractivity contribution in [2.24, 2.45) is 11.7 Å². The third-order valence-electron chi connectivity index (χ3n) is 3.74. The van der Waals surface area contributed by atoms with Crippen LogP contribution in [0.2, 0.25) is 0 Å². The number of hydrogen-bond donors (Lipinski definition) is 2. The number of para-hydroxylation sites is 1. The molecule has 1 aromatic rings. The fourth-order valence-electron chi connectivity index (χ4n) is 2.62. The molecule has 1 aliphatic heterocycles. The van der Waals surface area contributed by atoms with Crippen LogP contribution >= 0.6 is 0 Å². The minimum Gasteiger partial charge on any atom is -0.508 e. The van der Waals surface area contributed by atoms with Crippen LogP contribution in [-0.4, -0.2) is 29.1 Å². The molecule has 2 unspecified atom stereocenters. The van der Waals surface area contributed by atoms with Gasteiger partial charge in [-0.2, -0.15) is 0 Å². The summed E-state index contributed by atoms with van der Waals surface area (Å²) in [5, 5.41) is 9.79. The van der Waals surface area contributed by atoms with Crippen LogP contribution in [0.4, 0.5) is 0 Å². The van der Waals surface area contributed by atoms with Gasteiger partial charge < -0.3 is 10.8 Å². The van der Waals surface area contributed by atoms with E-state index < -0.39 is 0 Å². The number of phenolic OH excluding ortho intramolecular Hbond substituents is 1. The van der Waals surface area contributed by atoms with E-state index in [2.05, 4.69) is 11.8 Å². The summed E-state index contributed by atoms with van der Waals surface area (Å²) in [6.45, 7) is 4.89. The summed E-state index contributed by atoms with van der Waals surface area (Å²) in [5.41, 5.74) is 6.84. The second-order valence-electron chi connectivity index (χ2n) is 5.12. The van der Waals surface area contributed by atoms with Gasteiger partial charge >= 0.3 is 0 Å². The van der Waals surface area contributed by atoms with Crippen molar-refractivity contribution in [2.45, 2.75) is 32.4 Å². The molecule has 0 amide bonds. The number of phenols is 1. The fourth-order valence-corrected chi connectivity index (χ4v) is 2.62. The maximum Gasteiger partial charge on any atom is 0.120 e. The van der Waals surface area contributed by atoms with Crippen LogP contribution in [0.3, 0.4) is 0 Å². The van der Waals surface area contributed by atoms with Gasteiger partial charge in [0.2, 0.25) is 0 Å². The van der Waals surface area contributed by atoms with Gasteiger partial charge in [0.1, 0.15) is 5.75 Å². The third-order valence-corrected chi connectivity index (χ3v) is 3.74. The Hall–Kier alpha value is -1.06. The number of piperidine rings is 1. The van der Waals surface area contributed by atoms with Gasteiger partial charge in [0.25, 0.3) is 0 Å². The molecule has 0 bridgehead atoms. The van der Waals surface area contributed by atoms with Crippen molar-refractivity contribution in [1.29, 1.82) is 0 Å². The summed E-state index contributed by atoms with van der Waals surface area (Å²) in [7, 11) is 0. The highest BCUT2D eigenvalue weighted by molar-refractivity contribution is 5.31. The van der Waals surface area contributed by atoms with Gasteiger partial charge in [-0.3, -0.25) is 4.90 Å². The van der Waals surface area contributed by atoms with Gasteiger partial charge in [-0.05, 0) is 31.4 Å². The Morgan fingerprint density at radius 3 is 2.88 bits per heavy atom. The second kappa shape index (κ2) is 5.52. The molecule has 0 saturated carbocycles. The molecule has 1 saturated heterocycles. The van der Waals surface area contributed by atoms with Crippen LogP contribution < -0.4 is 5.73 Å². The molecule has 3 nitrogen and oxygen atoms in total. The van der Waals surface area contributed by atoms with E-state index in [1.165, 1.54) is 12.8 Å². The SMILES string of the molecule is CC1CCN(Cc2ccccc2O)C(CN)C1. The molecule has 0 spiro atoms. The van der Waals surface area contributed by atoms with Crippen LogP contribution in [0.15, 0.2) is 24.3 Å². The average molecular weight is 234 g/mol. The molecule has 3 N–H and O–H groups in total. The zero-order valence-corrected chi connectivity index (χ0v) is 10.5. The predicted octanol–water partition coefficient (Wildman–Crippen LogP) is 1.95. The van der Waals surface area contributed by atoms with Crippen molar-refractivity contribution < 1.29 is 5.11 Å². The molecule has 2 rings (SSSR count). The molecule has 1 aromatic carbocycles. The quantitative estimate of drug-likeness (QED) is 0.840. The third kappa shape index (κ3) is 2.99. The lowest BCUT2D eigenvalue weighted by Gasteiger charge is -2.38. The molecular formula is C14H22N2O. The number of nitrogens with two attached hydrogens (primary N) is 1. The van der Waals surface area contributed by atoms with Gasteiger partial charge in [-0.15, -0.1) is 0 Å². The Bertz CT molecular complexity index is 367. The molecule has 1 fully saturated rings. The highest BCUT2D eigenvalue weighted by Gasteiger charge is 2.25. The normalized spacial score (nSPS) is 26.0. The monoisotopic (exact) mass is 234 g/mol. The first kappa shape index (κ1) is 12.4. The number of benzene rings is 1. The number of aromatic hydroxyl groups is 1. The summed E-state index contributed by atoms with van der Waals surface area (Å²) in [6.07, 6.45) is 2.40. The van der Waals surface area contributed by atoms with E-state index in [9.17, 15) is 5.11 Å². The largest absolute Gasteiger partial charge is 0.508 e. The molecule has 0 aliphatic carbocycles. The Morgan fingerprint density at radius 1 is 1.41 bits per heavy atom. The molecule has 1 heterocycles. The number of nitrogens with zero attached hydrogens (tertiary/aromatic N) is 1. The summed E-state index contributed by atoms with van der Waals surface area (Å²) in [5.74, 6) is 1.16. The number of hydrogen-bond acceptors (Lipinski definition) is 3. The van der Waals surface area contributed by atoms with E-state index >= 15 is 0 Å². The lowest BCUT2D eigenvalue weighted by atomic mass is 9.92. The topological polar surface area (TPSA) is 49.5 Å². The molecule has 0 radical (unpaired) electrons. The number of rotatable bonds is 3. The minimum absolute atomic E-state index is 0.391. The van der Waals surface area contributed by atoms with Crippen molar-refractivity contribution in [3.8, 4) is 5.75 Å². The molecule has 1 aliphatic rings. The summed E-state index contributed by atoms with van der Waals surface area (Å²) in [6, 6.07) is 8.02. The number of likely N-dealkylation sites (tertiary alicyclic amines) is 1. The average Bonchev–Trinajstić information content (AvgIpc) is 2.34. The highest BCUT2D eigenvalue weighted by atomic mass is 16.3. The second-order valence-corrected chi connectivity index (χ2v) is 5.12. The zero-order chi connectivity index (χ0) is 12.3. The van der Waals surface area contributed by atoms with Crippen molar-refractivity contribution in [2.75, 3.05) is 13.1 Å². The van der Waals surface area contributed by atoms with Gasteiger partial charge in [0.05, 0.1) is 0 Å². The Labute approximate surface area is 103 Å². The lowest BCUT2D eigenvalue weighted by molar-refractivity contribution is 0.114. The maximum atomic E-state index is 9.79. The lowest BCUT2D eigenvalue weighted by Crippen LogP contribution is -2.45. The van der Waals surface area contributed by atoms with E-state index in [1.54, 1.807) is 6.07 Å². The van der Waals surface area contributed by atoms with E-state index in [4.69, 9.17) is 5.73 Å². The smallest absolute Gasteiger partial charge is 0.120 e. The first-order chi connectivity index (χ1) is 8.20. The van der Waals surface area contributed by atoms with Crippen LogP contribution in [0.25, 0.3) is 0 Å². The molecule has 94 valence electrons. The van der Waals surface area contributed by atoms with Crippen molar-refractivity contribution in [1.82, 2.24) is 4.90 Å². The van der Waals surface area contributed by atoms with Gasteiger partial charge in [0, 0.05) is 24.7 Å². The minimum atomic E-state index is 0.391. The molecule has 0 aromatic heterocycles. The summed E-state index contributed by atoms with van der Waals surface area (Å²) in [4.78, 5) is 2.40. The Kier molecular flexibility index (Phi) is 4.02. The van der Waals surface area contributed by atoms with Crippen LogP contribution in [0.1, 0.15) is 25.3 Å². The van der Waals surface area contributed by atoms with E-state index in [1.807, 2.05) is 18.2 Å². The summed E-state index contributed by atoms with van der Waals surface area (Å²) >= 11 is 0. The van der Waals surface area contributed by atoms with Crippen LogP contribution in [-0.2, 0) is 6.54 Å². The summed E-state index contributed by atoms with van der Waals surface area (Å²) < 4.78 is 0. The zero-order valence-electron chi connectivity index (χ0n) is 10.5. The molecular weight excluding hydrogens is 212 g/mol. The van der Waals surface area contributed by atoms with E-state index in [-0.39, 0.29) is 0 Å². The van der Waals surface area contributed by atoms with E-state index in [0.29, 0.717) is 18.3 Å². The first-order valence-corrected chi connectivity index (χ1v) is 6.41. The standard InChI is InChI=1S/C14H22N2O/c1-11-6-7-16(13(8-11)9-15)10-12-4-2-3-5-14(12)17/h2-5,11,13,17H,6-10,15H2,1H3. The van der Waals surface area contributed by atoms with Crippen LogP contribution in [0.5, 0.6) is 5.75 Å².